The molecule has 1 atom stereocenters. The molecule has 1 saturated heterocycles. The Morgan fingerprint density at radius 2 is 2.00 bits per heavy atom. The summed E-state index contributed by atoms with van der Waals surface area (Å²) in [6.45, 7) is 2.30. The number of hydrogen-bond acceptors (Lipinski definition) is 2. The van der Waals surface area contributed by atoms with Gasteiger partial charge in [-0.15, -0.1) is 0 Å². The summed E-state index contributed by atoms with van der Waals surface area (Å²) >= 11 is 0. The van der Waals surface area contributed by atoms with Crippen LogP contribution in [0.3, 0.4) is 0 Å². The summed E-state index contributed by atoms with van der Waals surface area (Å²) in [5, 5.41) is 0. The van der Waals surface area contributed by atoms with Crippen molar-refractivity contribution in [3.05, 3.63) is 35.9 Å². The van der Waals surface area contributed by atoms with E-state index in [0.717, 1.165) is 32.4 Å². The number of carbonyl (C=O) groups is 1. The van der Waals surface area contributed by atoms with Crippen LogP contribution in [0.15, 0.2) is 30.3 Å². The second-order valence-electron chi connectivity index (χ2n) is 5.62. The van der Waals surface area contributed by atoms with Gasteiger partial charge in [0.25, 0.3) is 0 Å². The maximum absolute atomic E-state index is 12.1. The summed E-state index contributed by atoms with van der Waals surface area (Å²) in [6, 6.07) is 10.2. The first kappa shape index (κ1) is 12.7. The van der Waals surface area contributed by atoms with Gasteiger partial charge >= 0.3 is 0 Å². The van der Waals surface area contributed by atoms with Crippen LogP contribution in [0.1, 0.15) is 31.2 Å². The second-order valence-corrected chi connectivity index (χ2v) is 5.62. The Kier molecular flexibility index (Phi) is 3.83. The van der Waals surface area contributed by atoms with Crippen molar-refractivity contribution in [3.63, 3.8) is 0 Å². The molecule has 1 unspecified atom stereocenters. The minimum atomic E-state index is 0.212. The van der Waals surface area contributed by atoms with Gasteiger partial charge in [-0.1, -0.05) is 36.8 Å². The fraction of sp³-hybridized carbons (Fsp3) is 0.562. The zero-order chi connectivity index (χ0) is 13.1. The molecule has 1 aromatic rings. The molecule has 102 valence electrons. The second kappa shape index (κ2) is 5.74. The van der Waals surface area contributed by atoms with E-state index in [2.05, 4.69) is 12.1 Å². The van der Waals surface area contributed by atoms with E-state index < -0.39 is 0 Å². The van der Waals surface area contributed by atoms with Crippen molar-refractivity contribution in [2.45, 2.75) is 38.4 Å². The van der Waals surface area contributed by atoms with Gasteiger partial charge in [0.2, 0.25) is 5.91 Å². The lowest BCUT2D eigenvalue weighted by Gasteiger charge is -2.29. The molecule has 19 heavy (non-hydrogen) atoms. The molecule has 0 aromatic heterocycles. The van der Waals surface area contributed by atoms with Crippen LogP contribution >= 0.6 is 0 Å². The molecule has 0 spiro atoms. The Morgan fingerprint density at radius 3 is 2.68 bits per heavy atom. The Hall–Kier alpha value is -1.35. The Bertz CT molecular complexity index is 428. The van der Waals surface area contributed by atoms with Gasteiger partial charge in [-0.3, -0.25) is 4.79 Å². The number of likely N-dealkylation sites (tertiary alicyclic amines) is 1. The maximum atomic E-state index is 12.1. The van der Waals surface area contributed by atoms with E-state index in [-0.39, 0.29) is 6.10 Å². The van der Waals surface area contributed by atoms with E-state index >= 15 is 0 Å². The monoisotopic (exact) mass is 259 g/mol. The topological polar surface area (TPSA) is 29.5 Å². The van der Waals surface area contributed by atoms with Gasteiger partial charge < -0.3 is 9.64 Å². The number of hydrogen-bond donors (Lipinski definition) is 0. The van der Waals surface area contributed by atoms with Gasteiger partial charge in [0.1, 0.15) is 0 Å². The van der Waals surface area contributed by atoms with E-state index in [4.69, 9.17) is 4.74 Å². The minimum Gasteiger partial charge on any atom is -0.372 e. The van der Waals surface area contributed by atoms with Crippen molar-refractivity contribution in [1.82, 2.24) is 4.90 Å². The van der Waals surface area contributed by atoms with E-state index in [1.165, 1.54) is 12.0 Å². The van der Waals surface area contributed by atoms with Crippen molar-refractivity contribution in [1.29, 1.82) is 0 Å². The van der Waals surface area contributed by atoms with Crippen LogP contribution in [-0.4, -0.2) is 30.0 Å². The first-order valence-electron chi connectivity index (χ1n) is 7.27. The third kappa shape index (κ3) is 2.98. The van der Waals surface area contributed by atoms with E-state index in [1.54, 1.807) is 0 Å². The molecule has 2 aliphatic rings. The molecule has 0 N–H and O–H groups in total. The third-order valence-electron chi connectivity index (χ3n) is 4.24. The van der Waals surface area contributed by atoms with Crippen molar-refractivity contribution in [2.24, 2.45) is 5.92 Å². The van der Waals surface area contributed by atoms with E-state index in [1.807, 2.05) is 23.1 Å². The van der Waals surface area contributed by atoms with Gasteiger partial charge in [0.15, 0.2) is 0 Å². The first-order chi connectivity index (χ1) is 9.33. The number of carbonyl (C=O) groups excluding carboxylic acids is 1. The van der Waals surface area contributed by atoms with Crippen LogP contribution in [0.5, 0.6) is 0 Å². The smallest absolute Gasteiger partial charge is 0.225 e. The highest BCUT2D eigenvalue weighted by Crippen LogP contribution is 2.29. The molecule has 1 aliphatic heterocycles. The minimum absolute atomic E-state index is 0.212. The highest BCUT2D eigenvalue weighted by molar-refractivity contribution is 5.79. The number of ether oxygens (including phenoxy) is 1. The molecule has 2 fully saturated rings. The van der Waals surface area contributed by atoms with E-state index in [0.29, 0.717) is 18.4 Å². The molecular weight excluding hydrogens is 238 g/mol. The van der Waals surface area contributed by atoms with Crippen LogP contribution in [0, 0.1) is 5.92 Å². The molecule has 1 amide bonds. The predicted octanol–water partition coefficient (Wildman–Crippen LogP) is 2.60. The fourth-order valence-corrected chi connectivity index (χ4v) is 2.77. The molecule has 0 radical (unpaired) electrons. The lowest BCUT2D eigenvalue weighted by molar-refractivity contribution is -0.137. The molecule has 3 rings (SSSR count). The number of benzene rings is 1. The average molecular weight is 259 g/mol. The zero-order valence-electron chi connectivity index (χ0n) is 11.3. The number of nitrogens with zero attached hydrogens (tertiary/aromatic N) is 1. The molecule has 1 aliphatic carbocycles. The lowest BCUT2D eigenvalue weighted by atomic mass is 9.84. The molecule has 1 saturated carbocycles. The van der Waals surface area contributed by atoms with E-state index in [9.17, 15) is 4.79 Å². The van der Waals surface area contributed by atoms with Crippen LogP contribution in [0.4, 0.5) is 0 Å². The first-order valence-corrected chi connectivity index (χ1v) is 7.27. The van der Waals surface area contributed by atoms with Crippen molar-refractivity contribution >= 4 is 5.91 Å². The van der Waals surface area contributed by atoms with Gasteiger partial charge in [-0.2, -0.15) is 0 Å². The van der Waals surface area contributed by atoms with Gasteiger partial charge in [-0.05, 0) is 24.8 Å². The summed E-state index contributed by atoms with van der Waals surface area (Å²) in [4.78, 5) is 14.1. The van der Waals surface area contributed by atoms with Crippen molar-refractivity contribution in [2.75, 3.05) is 13.1 Å². The quantitative estimate of drug-likeness (QED) is 0.832. The molecule has 3 heteroatoms. The fourth-order valence-electron chi connectivity index (χ4n) is 2.77. The van der Waals surface area contributed by atoms with Crippen molar-refractivity contribution in [3.8, 4) is 0 Å². The summed E-state index contributed by atoms with van der Waals surface area (Å²) in [5.74, 6) is 0.671. The SMILES string of the molecule is O=C(C1CCC1)N1CCC(OCc2ccccc2)C1. The Morgan fingerprint density at radius 1 is 1.21 bits per heavy atom. The summed E-state index contributed by atoms with van der Waals surface area (Å²) in [5.41, 5.74) is 1.20. The van der Waals surface area contributed by atoms with Crippen LogP contribution in [0.2, 0.25) is 0 Å². The Labute approximate surface area is 114 Å². The van der Waals surface area contributed by atoms with Crippen LogP contribution in [0.25, 0.3) is 0 Å². The standard InChI is InChI=1S/C16H21NO2/c18-16(14-7-4-8-14)17-10-9-15(11-17)19-12-13-5-2-1-3-6-13/h1-3,5-6,14-15H,4,7-12H2. The van der Waals surface area contributed by atoms with Crippen molar-refractivity contribution < 1.29 is 9.53 Å². The van der Waals surface area contributed by atoms with Gasteiger partial charge in [0.05, 0.1) is 12.7 Å². The lowest BCUT2D eigenvalue weighted by Crippen LogP contribution is -2.38. The van der Waals surface area contributed by atoms with Crippen LogP contribution in [-0.2, 0) is 16.1 Å². The van der Waals surface area contributed by atoms with Gasteiger partial charge in [-0.25, -0.2) is 0 Å². The normalized spacial score (nSPS) is 23.4. The average Bonchev–Trinajstić information content (AvgIpc) is 2.84. The number of rotatable bonds is 4. The molecule has 1 heterocycles. The zero-order valence-corrected chi connectivity index (χ0v) is 11.3. The molecule has 1 aromatic carbocycles. The van der Waals surface area contributed by atoms with Gasteiger partial charge in [0, 0.05) is 19.0 Å². The Balaban J connectivity index is 1.45. The largest absolute Gasteiger partial charge is 0.372 e. The van der Waals surface area contributed by atoms with Crippen LogP contribution < -0.4 is 0 Å². The molecule has 3 nitrogen and oxygen atoms in total. The highest BCUT2D eigenvalue weighted by Gasteiger charge is 2.33. The molecular formula is C16H21NO2. The predicted molar refractivity (Wildman–Crippen MR) is 73.6 cm³/mol. The third-order valence-corrected chi connectivity index (χ3v) is 4.24. The maximum Gasteiger partial charge on any atom is 0.225 e. The number of amides is 1. The summed E-state index contributed by atoms with van der Waals surface area (Å²) in [7, 11) is 0. The molecule has 0 bridgehead atoms. The summed E-state index contributed by atoms with van der Waals surface area (Å²) in [6.07, 6.45) is 4.59. The highest BCUT2D eigenvalue weighted by atomic mass is 16.5. The summed E-state index contributed by atoms with van der Waals surface area (Å²) < 4.78 is 5.91.